The summed E-state index contributed by atoms with van der Waals surface area (Å²) in [4.78, 5) is 0. The molecule has 0 amide bonds. The Kier molecular flexibility index (Phi) is 11.3. The van der Waals surface area contributed by atoms with Crippen LogP contribution in [0.25, 0.3) is 0 Å². The van der Waals surface area contributed by atoms with Gasteiger partial charge in [0.2, 0.25) is 0 Å². The third kappa shape index (κ3) is 5.50. The first-order valence-electron chi connectivity index (χ1n) is 3.38. The molecule has 12 heavy (non-hydrogen) atoms. The standard InChI is InChI=1S/C8H13Si.2ClH.V/c1-9(2,3)8-6-4-5-7-8;;;/h4,6H,5H2,1-3H3;2*1H;/q-1;;;+2/p-2. The Morgan fingerprint density at radius 1 is 1.25 bits per heavy atom. The van der Waals surface area contributed by atoms with Crippen molar-refractivity contribution in [2.24, 2.45) is 0 Å². The summed E-state index contributed by atoms with van der Waals surface area (Å²) in [5.74, 6) is 0. The van der Waals surface area contributed by atoms with Gasteiger partial charge in [0, 0.05) is 8.07 Å². The summed E-state index contributed by atoms with van der Waals surface area (Å²) < 4.78 is 0. The third-order valence-corrected chi connectivity index (χ3v) is 3.46. The van der Waals surface area contributed by atoms with E-state index >= 15 is 0 Å². The second-order valence-electron chi connectivity index (χ2n) is 3.45. The maximum Gasteiger partial charge on any atom is 2.00 e. The van der Waals surface area contributed by atoms with Crippen LogP contribution in [0.4, 0.5) is 0 Å². The van der Waals surface area contributed by atoms with Crippen LogP contribution in [0, 0.1) is 6.08 Å². The van der Waals surface area contributed by atoms with Crippen molar-refractivity contribution < 1.29 is 43.4 Å². The van der Waals surface area contributed by atoms with Gasteiger partial charge < -0.3 is 24.8 Å². The molecule has 0 heterocycles. The number of halogens is 2. The largest absolute Gasteiger partial charge is 2.00 e. The van der Waals surface area contributed by atoms with Crippen LogP contribution in [-0.2, 0) is 18.6 Å². The Morgan fingerprint density at radius 2 is 1.75 bits per heavy atom. The number of allylic oxidation sites excluding steroid dienone is 4. The first-order chi connectivity index (χ1) is 4.11. The molecule has 4 heteroatoms. The molecule has 0 fully saturated rings. The number of rotatable bonds is 1. The van der Waals surface area contributed by atoms with Crippen LogP contribution in [0.5, 0.6) is 0 Å². The van der Waals surface area contributed by atoms with Gasteiger partial charge in [-0.25, -0.2) is 11.3 Å². The van der Waals surface area contributed by atoms with Gasteiger partial charge >= 0.3 is 18.6 Å². The van der Waals surface area contributed by atoms with Crippen LogP contribution in [0.15, 0.2) is 17.3 Å². The summed E-state index contributed by atoms with van der Waals surface area (Å²) in [5.41, 5.74) is 0. The van der Waals surface area contributed by atoms with Crippen LogP contribution in [0.3, 0.4) is 0 Å². The minimum absolute atomic E-state index is 0. The molecule has 0 N–H and O–H groups in total. The molecule has 0 aromatic heterocycles. The maximum absolute atomic E-state index is 3.36. The van der Waals surface area contributed by atoms with Crippen molar-refractivity contribution in [2.45, 2.75) is 26.1 Å². The van der Waals surface area contributed by atoms with E-state index < -0.39 is 8.07 Å². The Morgan fingerprint density at radius 3 is 1.92 bits per heavy atom. The van der Waals surface area contributed by atoms with E-state index in [1.807, 2.05) is 0 Å². The molecule has 0 saturated carbocycles. The van der Waals surface area contributed by atoms with Gasteiger partial charge in [-0.15, -0.1) is 6.42 Å². The molecular formula is C8H13Cl2SiV-. The smallest absolute Gasteiger partial charge is 1.00 e. The molecule has 1 radical (unpaired) electrons. The monoisotopic (exact) mass is 258 g/mol. The molecule has 0 saturated heterocycles. The Labute approximate surface area is 101 Å². The van der Waals surface area contributed by atoms with Crippen LogP contribution in [0.1, 0.15) is 6.42 Å². The molecular weight excluding hydrogens is 246 g/mol. The van der Waals surface area contributed by atoms with E-state index in [-0.39, 0.29) is 43.4 Å². The predicted octanol–water partition coefficient (Wildman–Crippen LogP) is -3.44. The van der Waals surface area contributed by atoms with Crippen molar-refractivity contribution in [1.29, 1.82) is 0 Å². The SMILES string of the molecule is C[Si](C)(C)C1=[C-]CC=C1.[Cl-].[Cl-].[V+2]. The Bertz CT molecular complexity index is 170. The van der Waals surface area contributed by atoms with E-state index in [1.54, 1.807) is 0 Å². The number of hydrogen-bond donors (Lipinski definition) is 0. The van der Waals surface area contributed by atoms with Crippen molar-refractivity contribution in [3.05, 3.63) is 23.4 Å². The molecule has 69 valence electrons. The molecule has 0 atom stereocenters. The van der Waals surface area contributed by atoms with Gasteiger partial charge in [-0.3, -0.25) is 6.08 Å². The van der Waals surface area contributed by atoms with Crippen LogP contribution in [-0.4, -0.2) is 8.07 Å². The molecule has 1 rings (SSSR count). The number of hydrogen-bond acceptors (Lipinski definition) is 0. The zero-order chi connectivity index (χ0) is 6.91. The summed E-state index contributed by atoms with van der Waals surface area (Å²) in [6, 6.07) is 0. The fourth-order valence-electron chi connectivity index (χ4n) is 0.920. The van der Waals surface area contributed by atoms with Crippen molar-refractivity contribution >= 4 is 8.07 Å². The van der Waals surface area contributed by atoms with E-state index in [2.05, 4.69) is 37.9 Å². The molecule has 0 unspecified atom stereocenters. The van der Waals surface area contributed by atoms with Gasteiger partial charge in [0.25, 0.3) is 0 Å². The molecule has 1 aliphatic rings. The molecule has 1 aliphatic carbocycles. The molecule has 0 bridgehead atoms. The van der Waals surface area contributed by atoms with Crippen LogP contribution < -0.4 is 24.8 Å². The summed E-state index contributed by atoms with van der Waals surface area (Å²) in [7, 11) is -1.01. The van der Waals surface area contributed by atoms with Gasteiger partial charge in [0.1, 0.15) is 0 Å². The van der Waals surface area contributed by atoms with Gasteiger partial charge in [0.15, 0.2) is 0 Å². The van der Waals surface area contributed by atoms with E-state index in [0.29, 0.717) is 0 Å². The minimum Gasteiger partial charge on any atom is -1.00 e. The molecule has 0 spiro atoms. The summed E-state index contributed by atoms with van der Waals surface area (Å²) in [6.45, 7) is 7.06. The fraction of sp³-hybridized carbons (Fsp3) is 0.500. The zero-order valence-corrected chi connectivity index (χ0v) is 11.5. The van der Waals surface area contributed by atoms with Crippen LogP contribution in [0.2, 0.25) is 19.6 Å². The van der Waals surface area contributed by atoms with Gasteiger partial charge in [-0.1, -0.05) is 19.6 Å². The van der Waals surface area contributed by atoms with Gasteiger partial charge in [0.05, 0.1) is 0 Å². The average molecular weight is 259 g/mol. The minimum atomic E-state index is -1.01. The molecule has 0 aromatic carbocycles. The fourth-order valence-corrected chi connectivity index (χ4v) is 2.17. The van der Waals surface area contributed by atoms with Gasteiger partial charge in [-0.2, -0.15) is 6.08 Å². The molecule has 0 aromatic rings. The quantitative estimate of drug-likeness (QED) is 0.339. The first kappa shape index (κ1) is 18.6. The van der Waals surface area contributed by atoms with Gasteiger partial charge in [-0.05, 0) is 0 Å². The third-order valence-electron chi connectivity index (χ3n) is 1.50. The van der Waals surface area contributed by atoms with Crippen molar-refractivity contribution in [2.75, 3.05) is 0 Å². The summed E-state index contributed by atoms with van der Waals surface area (Å²) in [5, 5.41) is 1.49. The Balaban J connectivity index is -0.000000270. The summed E-state index contributed by atoms with van der Waals surface area (Å²) in [6.07, 6.45) is 8.82. The van der Waals surface area contributed by atoms with E-state index in [4.69, 9.17) is 0 Å². The second-order valence-corrected chi connectivity index (χ2v) is 8.49. The average Bonchev–Trinajstić information content (AvgIpc) is 2.08. The van der Waals surface area contributed by atoms with E-state index in [1.165, 1.54) is 5.20 Å². The van der Waals surface area contributed by atoms with Crippen molar-refractivity contribution in [1.82, 2.24) is 0 Å². The zero-order valence-electron chi connectivity index (χ0n) is 7.56. The van der Waals surface area contributed by atoms with Crippen molar-refractivity contribution in [3.63, 3.8) is 0 Å². The topological polar surface area (TPSA) is 0 Å². The van der Waals surface area contributed by atoms with E-state index in [9.17, 15) is 0 Å². The maximum atomic E-state index is 3.36. The van der Waals surface area contributed by atoms with E-state index in [0.717, 1.165) is 6.42 Å². The second kappa shape index (κ2) is 7.28. The first-order valence-corrected chi connectivity index (χ1v) is 6.88. The van der Waals surface area contributed by atoms with Crippen LogP contribution >= 0.6 is 0 Å². The summed E-state index contributed by atoms with van der Waals surface area (Å²) >= 11 is 0. The van der Waals surface area contributed by atoms with Crippen molar-refractivity contribution in [3.8, 4) is 0 Å². The normalized spacial score (nSPS) is 13.8. The molecule has 0 nitrogen and oxygen atoms in total. The predicted molar refractivity (Wildman–Crippen MR) is 43.9 cm³/mol. The molecule has 0 aliphatic heterocycles. The Hall–Kier alpha value is 0.861.